The number of nitrogens with zero attached hydrogens (tertiary/aromatic N) is 1. The maximum Gasteiger partial charge on any atom is 0.255 e. The van der Waals surface area contributed by atoms with Crippen molar-refractivity contribution in [1.82, 2.24) is 10.2 Å². The molecule has 1 fully saturated rings. The summed E-state index contributed by atoms with van der Waals surface area (Å²) in [7, 11) is 0. The van der Waals surface area contributed by atoms with Gasteiger partial charge < -0.3 is 9.73 Å². The molecule has 1 N–H and O–H groups in total. The third-order valence-corrected chi connectivity index (χ3v) is 7.31. The number of amides is 1. The van der Waals surface area contributed by atoms with Gasteiger partial charge in [0, 0.05) is 22.5 Å². The largest absolute Gasteiger partial charge is 0.455 e. The number of hydrogen-bond donors (Lipinski definition) is 1. The van der Waals surface area contributed by atoms with Gasteiger partial charge in [-0.25, -0.2) is 0 Å². The van der Waals surface area contributed by atoms with E-state index < -0.39 is 0 Å². The van der Waals surface area contributed by atoms with Crippen molar-refractivity contribution in [3.05, 3.63) is 92.3 Å². The third-order valence-electron chi connectivity index (χ3n) is 6.33. The molecule has 1 amide bonds. The summed E-state index contributed by atoms with van der Waals surface area (Å²) in [6.07, 6.45) is 2.37. The van der Waals surface area contributed by atoms with Gasteiger partial charge >= 0.3 is 0 Å². The monoisotopic (exact) mass is 458 g/mol. The molecule has 3 heterocycles. The summed E-state index contributed by atoms with van der Waals surface area (Å²) in [5.74, 6) is 0.272. The number of benzene rings is 2. The summed E-state index contributed by atoms with van der Waals surface area (Å²) in [5.41, 5.74) is 1.96. The highest BCUT2D eigenvalue weighted by atomic mass is 32.1. The molecule has 0 unspecified atom stereocenters. The Morgan fingerprint density at radius 2 is 1.85 bits per heavy atom. The SMILES string of the molecule is Cc1c(-c2ccccc2)oc2c(C(=O)NC[C@@H](c3cccs3)N3CCCC3)cccc2c1=O. The van der Waals surface area contributed by atoms with Crippen molar-refractivity contribution in [3.8, 4) is 11.3 Å². The van der Waals surface area contributed by atoms with Crippen LogP contribution in [0.1, 0.15) is 39.7 Å². The molecular formula is C27H26N2O3S. The minimum Gasteiger partial charge on any atom is -0.455 e. The molecule has 4 aromatic rings. The average Bonchev–Trinajstić information content (AvgIpc) is 3.57. The third kappa shape index (κ3) is 4.24. The van der Waals surface area contributed by atoms with E-state index in [0.717, 1.165) is 18.7 Å². The Hall–Kier alpha value is -3.22. The van der Waals surface area contributed by atoms with Gasteiger partial charge in [-0.05, 0) is 56.4 Å². The van der Waals surface area contributed by atoms with Crippen LogP contribution in [0.5, 0.6) is 0 Å². The molecule has 1 atom stereocenters. The number of para-hydroxylation sites is 1. The van der Waals surface area contributed by atoms with Crippen LogP contribution in [0.15, 0.2) is 75.3 Å². The van der Waals surface area contributed by atoms with Gasteiger partial charge in [0.2, 0.25) is 0 Å². The fourth-order valence-electron chi connectivity index (χ4n) is 4.58. The van der Waals surface area contributed by atoms with Crippen molar-refractivity contribution in [2.45, 2.75) is 25.8 Å². The normalized spacial score (nSPS) is 15.1. The zero-order valence-corrected chi connectivity index (χ0v) is 19.4. The van der Waals surface area contributed by atoms with Crippen LogP contribution in [0.4, 0.5) is 0 Å². The molecule has 1 aliphatic rings. The van der Waals surface area contributed by atoms with Crippen molar-refractivity contribution >= 4 is 28.2 Å². The highest BCUT2D eigenvalue weighted by Crippen LogP contribution is 2.29. The number of rotatable bonds is 6. The summed E-state index contributed by atoms with van der Waals surface area (Å²) in [6, 6.07) is 19.1. The van der Waals surface area contributed by atoms with Crippen molar-refractivity contribution in [2.75, 3.05) is 19.6 Å². The number of nitrogens with one attached hydrogen (secondary N) is 1. The Bertz CT molecular complexity index is 1320. The van der Waals surface area contributed by atoms with E-state index in [-0.39, 0.29) is 17.4 Å². The Labute approximate surface area is 196 Å². The number of carbonyl (C=O) groups is 1. The summed E-state index contributed by atoms with van der Waals surface area (Å²) < 4.78 is 6.22. The van der Waals surface area contributed by atoms with E-state index in [4.69, 9.17) is 4.42 Å². The fraction of sp³-hybridized carbons (Fsp3) is 0.259. The first-order chi connectivity index (χ1) is 16.1. The number of likely N-dealkylation sites (tertiary alicyclic amines) is 1. The lowest BCUT2D eigenvalue weighted by molar-refractivity contribution is 0.0939. The van der Waals surface area contributed by atoms with Crippen LogP contribution in [0.2, 0.25) is 0 Å². The van der Waals surface area contributed by atoms with Gasteiger partial charge in [0.1, 0.15) is 5.76 Å². The molecule has 0 bridgehead atoms. The molecule has 2 aromatic carbocycles. The van der Waals surface area contributed by atoms with Gasteiger partial charge in [-0.2, -0.15) is 0 Å². The molecule has 5 nitrogen and oxygen atoms in total. The highest BCUT2D eigenvalue weighted by Gasteiger charge is 2.25. The minimum atomic E-state index is -0.229. The van der Waals surface area contributed by atoms with Crippen molar-refractivity contribution in [3.63, 3.8) is 0 Å². The van der Waals surface area contributed by atoms with E-state index in [1.165, 1.54) is 17.7 Å². The minimum absolute atomic E-state index is 0.113. The molecular weight excluding hydrogens is 432 g/mol. The van der Waals surface area contributed by atoms with E-state index in [9.17, 15) is 9.59 Å². The molecule has 1 aliphatic heterocycles. The van der Waals surface area contributed by atoms with Crippen LogP contribution >= 0.6 is 11.3 Å². The molecule has 1 saturated heterocycles. The average molecular weight is 459 g/mol. The van der Waals surface area contributed by atoms with Crippen LogP contribution in [0.25, 0.3) is 22.3 Å². The van der Waals surface area contributed by atoms with Crippen LogP contribution in [0.3, 0.4) is 0 Å². The van der Waals surface area contributed by atoms with Gasteiger partial charge in [-0.3, -0.25) is 14.5 Å². The number of carbonyl (C=O) groups excluding carboxylic acids is 1. The van der Waals surface area contributed by atoms with Gasteiger partial charge in [0.05, 0.1) is 17.0 Å². The molecule has 0 spiro atoms. The van der Waals surface area contributed by atoms with Gasteiger partial charge in [-0.15, -0.1) is 11.3 Å². The molecule has 2 aromatic heterocycles. The van der Waals surface area contributed by atoms with E-state index in [1.807, 2.05) is 30.3 Å². The van der Waals surface area contributed by atoms with Crippen LogP contribution in [-0.4, -0.2) is 30.4 Å². The first kappa shape index (κ1) is 21.6. The first-order valence-corrected chi connectivity index (χ1v) is 12.2. The Morgan fingerprint density at radius 3 is 2.58 bits per heavy atom. The van der Waals surface area contributed by atoms with Crippen molar-refractivity contribution < 1.29 is 9.21 Å². The molecule has 5 rings (SSSR count). The standard InChI is InChI=1S/C27H26N2O3S/c1-18-24(30)20-11-7-12-21(26(20)32-25(18)19-9-3-2-4-10-19)27(31)28-17-22(23-13-8-16-33-23)29-14-5-6-15-29/h2-4,7-13,16,22H,5-6,14-15,17H2,1H3,(H,28,31)/t22-/m0/s1. The zero-order chi connectivity index (χ0) is 22.8. The number of fused-ring (bicyclic) bond motifs is 1. The van der Waals surface area contributed by atoms with Crippen LogP contribution < -0.4 is 10.7 Å². The van der Waals surface area contributed by atoms with Gasteiger partial charge in [0.25, 0.3) is 5.91 Å². The molecule has 6 heteroatoms. The van der Waals surface area contributed by atoms with Crippen molar-refractivity contribution in [2.24, 2.45) is 0 Å². The predicted octanol–water partition coefficient (Wildman–Crippen LogP) is 5.40. The maximum absolute atomic E-state index is 13.3. The molecule has 0 aliphatic carbocycles. The van der Waals surface area contributed by atoms with Gasteiger partial charge in [-0.1, -0.05) is 42.5 Å². The second-order valence-corrected chi connectivity index (χ2v) is 9.40. The Kier molecular flexibility index (Phi) is 6.11. The van der Waals surface area contributed by atoms with Gasteiger partial charge in [0.15, 0.2) is 11.0 Å². The highest BCUT2D eigenvalue weighted by molar-refractivity contribution is 7.10. The second kappa shape index (κ2) is 9.33. The van der Waals surface area contributed by atoms with Crippen LogP contribution in [0, 0.1) is 6.92 Å². The van der Waals surface area contributed by atoms with E-state index in [2.05, 4.69) is 27.7 Å². The topological polar surface area (TPSA) is 62.6 Å². The van der Waals surface area contributed by atoms with Crippen LogP contribution in [-0.2, 0) is 0 Å². The Balaban J connectivity index is 1.48. The molecule has 168 valence electrons. The smallest absolute Gasteiger partial charge is 0.255 e. The fourth-order valence-corrected chi connectivity index (χ4v) is 5.44. The molecule has 33 heavy (non-hydrogen) atoms. The van der Waals surface area contributed by atoms with Crippen molar-refractivity contribution in [1.29, 1.82) is 0 Å². The summed E-state index contributed by atoms with van der Waals surface area (Å²) in [6.45, 7) is 4.36. The second-order valence-electron chi connectivity index (χ2n) is 8.42. The summed E-state index contributed by atoms with van der Waals surface area (Å²) in [4.78, 5) is 30.1. The summed E-state index contributed by atoms with van der Waals surface area (Å²) in [5, 5.41) is 5.62. The lowest BCUT2D eigenvalue weighted by Crippen LogP contribution is -2.36. The maximum atomic E-state index is 13.3. The lowest BCUT2D eigenvalue weighted by atomic mass is 10.0. The number of thiophene rings is 1. The van der Waals surface area contributed by atoms with E-state index >= 15 is 0 Å². The number of hydrogen-bond acceptors (Lipinski definition) is 5. The first-order valence-electron chi connectivity index (χ1n) is 11.3. The van der Waals surface area contributed by atoms with E-state index in [0.29, 0.717) is 34.4 Å². The summed E-state index contributed by atoms with van der Waals surface area (Å²) >= 11 is 1.72. The Morgan fingerprint density at radius 1 is 1.06 bits per heavy atom. The lowest BCUT2D eigenvalue weighted by Gasteiger charge is -2.27. The predicted molar refractivity (Wildman–Crippen MR) is 133 cm³/mol. The molecule has 0 radical (unpaired) electrons. The molecule has 0 saturated carbocycles. The van der Waals surface area contributed by atoms with E-state index in [1.54, 1.807) is 36.5 Å². The zero-order valence-electron chi connectivity index (χ0n) is 18.5. The quantitative estimate of drug-likeness (QED) is 0.420.